The summed E-state index contributed by atoms with van der Waals surface area (Å²) in [6.07, 6.45) is 13.6. The van der Waals surface area contributed by atoms with Gasteiger partial charge in [0.15, 0.2) is 0 Å². The first-order valence-corrected chi connectivity index (χ1v) is 7.35. The molecule has 2 heterocycles. The minimum Gasteiger partial charge on any atom is -0.335 e. The fourth-order valence-corrected chi connectivity index (χ4v) is 2.22. The molecule has 0 atom stereocenters. The third-order valence-corrected chi connectivity index (χ3v) is 3.42. The molecule has 0 aliphatic carbocycles. The second-order valence-corrected chi connectivity index (χ2v) is 4.96. The molecule has 0 saturated heterocycles. The predicted molar refractivity (Wildman–Crippen MR) is 77.1 cm³/mol. The Morgan fingerprint density at radius 1 is 0.842 bits per heavy atom. The van der Waals surface area contributed by atoms with Gasteiger partial charge in [0.25, 0.3) is 0 Å². The van der Waals surface area contributed by atoms with E-state index in [2.05, 4.69) is 45.3 Å². The highest BCUT2D eigenvalue weighted by Crippen LogP contribution is 2.09. The molecule has 4 nitrogen and oxygen atoms in total. The summed E-state index contributed by atoms with van der Waals surface area (Å²) in [4.78, 5) is 8.95. The Bertz CT molecular complexity index is 440. The van der Waals surface area contributed by atoms with Crippen molar-refractivity contribution in [2.24, 2.45) is 0 Å². The van der Waals surface area contributed by atoms with Gasteiger partial charge < -0.3 is 9.13 Å². The van der Waals surface area contributed by atoms with E-state index in [0.29, 0.717) is 0 Å². The quantitative estimate of drug-likeness (QED) is 0.730. The van der Waals surface area contributed by atoms with Gasteiger partial charge in [-0.2, -0.15) is 0 Å². The van der Waals surface area contributed by atoms with Crippen molar-refractivity contribution in [2.45, 2.75) is 59.0 Å². The topological polar surface area (TPSA) is 35.6 Å². The maximum Gasteiger partial charge on any atom is 0.116 e. The highest BCUT2D eigenvalue weighted by atomic mass is 15.1. The second kappa shape index (κ2) is 7.12. The summed E-state index contributed by atoms with van der Waals surface area (Å²) < 4.78 is 4.50. The molecule has 0 radical (unpaired) electrons. The molecule has 0 N–H and O–H groups in total. The fourth-order valence-electron chi connectivity index (χ4n) is 2.22. The van der Waals surface area contributed by atoms with Gasteiger partial charge in [0.2, 0.25) is 0 Å². The van der Waals surface area contributed by atoms with Crippen LogP contribution in [0.5, 0.6) is 0 Å². The van der Waals surface area contributed by atoms with E-state index in [0.717, 1.165) is 31.2 Å². The van der Waals surface area contributed by atoms with Gasteiger partial charge in [-0.25, -0.2) is 9.97 Å². The van der Waals surface area contributed by atoms with E-state index in [-0.39, 0.29) is 0 Å². The van der Waals surface area contributed by atoms with Crippen molar-refractivity contribution >= 4 is 0 Å². The first-order chi connectivity index (χ1) is 9.35. The summed E-state index contributed by atoms with van der Waals surface area (Å²) in [6, 6.07) is 0. The Hall–Kier alpha value is -1.58. The molecular formula is C15H24N4. The van der Waals surface area contributed by atoms with Crippen LogP contribution in [0.3, 0.4) is 0 Å². The SMILES string of the molecule is CCCCn1ccnc1Cc1nccn1CCCC. The highest BCUT2D eigenvalue weighted by Gasteiger charge is 2.08. The molecule has 0 aromatic carbocycles. The first-order valence-electron chi connectivity index (χ1n) is 7.35. The van der Waals surface area contributed by atoms with E-state index >= 15 is 0 Å². The smallest absolute Gasteiger partial charge is 0.116 e. The van der Waals surface area contributed by atoms with Crippen molar-refractivity contribution in [3.05, 3.63) is 36.4 Å². The number of aryl methyl sites for hydroxylation is 2. The lowest BCUT2D eigenvalue weighted by molar-refractivity contribution is 0.582. The van der Waals surface area contributed by atoms with E-state index in [9.17, 15) is 0 Å². The van der Waals surface area contributed by atoms with E-state index in [1.54, 1.807) is 0 Å². The average Bonchev–Trinajstić information content (AvgIpc) is 3.04. The molecule has 0 amide bonds. The summed E-state index contributed by atoms with van der Waals surface area (Å²) in [7, 11) is 0. The van der Waals surface area contributed by atoms with Crippen molar-refractivity contribution in [1.29, 1.82) is 0 Å². The predicted octanol–water partition coefficient (Wildman–Crippen LogP) is 3.27. The summed E-state index contributed by atoms with van der Waals surface area (Å²) >= 11 is 0. The molecule has 0 unspecified atom stereocenters. The van der Waals surface area contributed by atoms with E-state index in [4.69, 9.17) is 0 Å². The summed E-state index contributed by atoms with van der Waals surface area (Å²) in [5, 5.41) is 0. The van der Waals surface area contributed by atoms with Gasteiger partial charge in [-0.15, -0.1) is 0 Å². The molecule has 2 aromatic rings. The fraction of sp³-hybridized carbons (Fsp3) is 0.600. The molecule has 0 fully saturated rings. The molecule has 0 spiro atoms. The van der Waals surface area contributed by atoms with Crippen LogP contribution in [0, 0.1) is 0 Å². The zero-order valence-corrected chi connectivity index (χ0v) is 12.0. The Balaban J connectivity index is 2.04. The summed E-state index contributed by atoms with van der Waals surface area (Å²) in [5.41, 5.74) is 0. The number of imidazole rings is 2. The van der Waals surface area contributed by atoms with Crippen LogP contribution in [0.25, 0.3) is 0 Å². The van der Waals surface area contributed by atoms with E-state index in [1.165, 1.54) is 25.7 Å². The monoisotopic (exact) mass is 260 g/mol. The number of nitrogens with zero attached hydrogens (tertiary/aromatic N) is 4. The molecule has 2 rings (SSSR count). The van der Waals surface area contributed by atoms with Crippen molar-refractivity contribution < 1.29 is 0 Å². The van der Waals surface area contributed by atoms with Gasteiger partial charge >= 0.3 is 0 Å². The number of rotatable bonds is 8. The number of unbranched alkanes of at least 4 members (excludes halogenated alkanes) is 2. The molecule has 0 aliphatic rings. The minimum absolute atomic E-state index is 0.827. The van der Waals surface area contributed by atoms with Crippen LogP contribution in [0.15, 0.2) is 24.8 Å². The third-order valence-electron chi connectivity index (χ3n) is 3.42. The number of hydrogen-bond acceptors (Lipinski definition) is 2. The Morgan fingerprint density at radius 3 is 1.74 bits per heavy atom. The summed E-state index contributed by atoms with van der Waals surface area (Å²) in [5.74, 6) is 2.25. The molecular weight excluding hydrogens is 236 g/mol. The van der Waals surface area contributed by atoms with Crippen LogP contribution in [0.4, 0.5) is 0 Å². The van der Waals surface area contributed by atoms with Gasteiger partial charge in [-0.3, -0.25) is 0 Å². The molecule has 0 aliphatic heterocycles. The normalized spacial score (nSPS) is 11.1. The molecule has 104 valence electrons. The van der Waals surface area contributed by atoms with E-state index < -0.39 is 0 Å². The van der Waals surface area contributed by atoms with Crippen LogP contribution in [-0.4, -0.2) is 19.1 Å². The van der Waals surface area contributed by atoms with Crippen molar-refractivity contribution in [2.75, 3.05) is 0 Å². The van der Waals surface area contributed by atoms with Gasteiger partial charge in [0.05, 0.1) is 6.42 Å². The highest BCUT2D eigenvalue weighted by molar-refractivity contribution is 5.04. The van der Waals surface area contributed by atoms with Crippen LogP contribution < -0.4 is 0 Å². The standard InChI is InChI=1S/C15H24N4/c1-3-5-9-18-11-7-16-14(18)13-15-17-8-12-19(15)10-6-4-2/h7-8,11-12H,3-6,9-10,13H2,1-2H3. The lowest BCUT2D eigenvalue weighted by atomic mass is 10.3. The van der Waals surface area contributed by atoms with Crippen LogP contribution in [0.2, 0.25) is 0 Å². The van der Waals surface area contributed by atoms with Crippen LogP contribution in [0.1, 0.15) is 51.2 Å². The van der Waals surface area contributed by atoms with Gasteiger partial charge in [-0.05, 0) is 12.8 Å². The molecule has 0 saturated carbocycles. The zero-order chi connectivity index (χ0) is 13.5. The van der Waals surface area contributed by atoms with Gasteiger partial charge in [0.1, 0.15) is 11.6 Å². The van der Waals surface area contributed by atoms with E-state index in [1.807, 2.05) is 12.4 Å². The third kappa shape index (κ3) is 3.69. The maximum absolute atomic E-state index is 4.47. The van der Waals surface area contributed by atoms with Crippen LogP contribution in [-0.2, 0) is 19.5 Å². The van der Waals surface area contributed by atoms with Crippen LogP contribution >= 0.6 is 0 Å². The van der Waals surface area contributed by atoms with Gasteiger partial charge in [0, 0.05) is 37.9 Å². The average molecular weight is 260 g/mol. The van der Waals surface area contributed by atoms with Crippen molar-refractivity contribution in [3.63, 3.8) is 0 Å². The molecule has 2 aromatic heterocycles. The number of aromatic nitrogens is 4. The Kier molecular flexibility index (Phi) is 5.19. The molecule has 0 bridgehead atoms. The maximum atomic E-state index is 4.47. The van der Waals surface area contributed by atoms with Crippen molar-refractivity contribution in [1.82, 2.24) is 19.1 Å². The molecule has 4 heteroatoms. The Labute approximate surface area is 115 Å². The Morgan fingerprint density at radius 2 is 1.32 bits per heavy atom. The second-order valence-electron chi connectivity index (χ2n) is 4.96. The first kappa shape index (κ1) is 13.8. The molecule has 19 heavy (non-hydrogen) atoms. The minimum atomic E-state index is 0.827. The van der Waals surface area contributed by atoms with Crippen molar-refractivity contribution in [3.8, 4) is 0 Å². The zero-order valence-electron chi connectivity index (χ0n) is 12.0. The lowest BCUT2D eigenvalue weighted by Crippen LogP contribution is -2.09. The largest absolute Gasteiger partial charge is 0.335 e. The lowest BCUT2D eigenvalue weighted by Gasteiger charge is -2.09. The van der Waals surface area contributed by atoms with Gasteiger partial charge in [-0.1, -0.05) is 26.7 Å². The summed E-state index contributed by atoms with van der Waals surface area (Å²) in [6.45, 7) is 6.55. The number of hydrogen-bond donors (Lipinski definition) is 0.